The molecule has 1 unspecified atom stereocenters. The Morgan fingerprint density at radius 2 is 2.28 bits per heavy atom. The summed E-state index contributed by atoms with van der Waals surface area (Å²) >= 11 is 0. The second kappa shape index (κ2) is 4.30. The van der Waals surface area contributed by atoms with Crippen molar-refractivity contribution in [2.75, 3.05) is 7.11 Å². The van der Waals surface area contributed by atoms with Gasteiger partial charge in [0.15, 0.2) is 0 Å². The number of amides is 1. The number of hydrogen-bond donors (Lipinski definition) is 2. The maximum Gasteiger partial charge on any atom is 0.251 e. The number of rotatable bonds is 2. The van der Waals surface area contributed by atoms with Crippen molar-refractivity contribution in [3.63, 3.8) is 0 Å². The molecular formula is C12H11N3O3. The van der Waals surface area contributed by atoms with Crippen LogP contribution in [-0.4, -0.2) is 13.0 Å². The summed E-state index contributed by atoms with van der Waals surface area (Å²) in [5.74, 6) is -0.771. The van der Waals surface area contributed by atoms with Gasteiger partial charge in [-0.25, -0.2) is 0 Å². The van der Waals surface area contributed by atoms with Gasteiger partial charge in [0.05, 0.1) is 18.8 Å². The molecule has 1 aromatic carbocycles. The van der Waals surface area contributed by atoms with Crippen LogP contribution in [0.2, 0.25) is 0 Å². The van der Waals surface area contributed by atoms with Crippen LogP contribution in [0.5, 0.6) is 11.5 Å². The summed E-state index contributed by atoms with van der Waals surface area (Å²) in [5.41, 5.74) is 11.3. The van der Waals surface area contributed by atoms with E-state index in [-0.39, 0.29) is 11.5 Å². The fourth-order valence-corrected chi connectivity index (χ4v) is 1.84. The van der Waals surface area contributed by atoms with Crippen LogP contribution in [-0.2, 0) is 4.79 Å². The molecule has 4 N–H and O–H groups in total. The number of methoxy groups -OCH3 is 1. The lowest BCUT2D eigenvalue weighted by molar-refractivity contribution is -0.115. The van der Waals surface area contributed by atoms with Gasteiger partial charge < -0.3 is 20.9 Å². The van der Waals surface area contributed by atoms with Crippen LogP contribution < -0.4 is 20.9 Å². The summed E-state index contributed by atoms with van der Waals surface area (Å²) < 4.78 is 10.4. The van der Waals surface area contributed by atoms with Gasteiger partial charge in [-0.2, -0.15) is 5.26 Å². The van der Waals surface area contributed by atoms with E-state index in [1.165, 1.54) is 7.11 Å². The average molecular weight is 245 g/mol. The SMILES string of the molecule is COc1ccc2c(c1)C(C#N)C(C(N)=O)=C(N)O2. The van der Waals surface area contributed by atoms with Crippen LogP contribution >= 0.6 is 0 Å². The highest BCUT2D eigenvalue weighted by Gasteiger charge is 2.32. The minimum absolute atomic E-state index is 0.0294. The molecule has 0 radical (unpaired) electrons. The minimum atomic E-state index is -0.846. The molecule has 1 amide bonds. The fourth-order valence-electron chi connectivity index (χ4n) is 1.84. The largest absolute Gasteiger partial charge is 0.497 e. The van der Waals surface area contributed by atoms with Crippen molar-refractivity contribution in [2.45, 2.75) is 5.92 Å². The van der Waals surface area contributed by atoms with Crippen molar-refractivity contribution in [3.05, 3.63) is 35.2 Å². The molecule has 1 heterocycles. The maximum absolute atomic E-state index is 11.3. The second-order valence-electron chi connectivity index (χ2n) is 3.71. The predicted molar refractivity (Wildman–Crippen MR) is 62.4 cm³/mol. The molecule has 6 nitrogen and oxygen atoms in total. The molecule has 1 aliphatic heterocycles. The van der Waals surface area contributed by atoms with Crippen LogP contribution in [0.1, 0.15) is 11.5 Å². The molecule has 1 atom stereocenters. The Bertz CT molecular complexity index is 587. The number of fused-ring (bicyclic) bond motifs is 1. The van der Waals surface area contributed by atoms with E-state index in [2.05, 4.69) is 0 Å². The predicted octanol–water partition coefficient (Wildman–Crippen LogP) is 0.350. The Labute approximate surface area is 103 Å². The Balaban J connectivity index is 2.60. The zero-order chi connectivity index (χ0) is 13.3. The van der Waals surface area contributed by atoms with E-state index in [1.54, 1.807) is 18.2 Å². The van der Waals surface area contributed by atoms with Crippen LogP contribution in [0.3, 0.4) is 0 Å². The molecule has 1 aromatic rings. The van der Waals surface area contributed by atoms with Gasteiger partial charge in [0.2, 0.25) is 5.88 Å². The molecule has 92 valence electrons. The van der Waals surface area contributed by atoms with Crippen LogP contribution in [0.4, 0.5) is 0 Å². The zero-order valence-corrected chi connectivity index (χ0v) is 9.64. The Hall–Kier alpha value is -2.68. The average Bonchev–Trinajstić information content (AvgIpc) is 2.36. The zero-order valence-electron chi connectivity index (χ0n) is 9.64. The van der Waals surface area contributed by atoms with Crippen molar-refractivity contribution in [2.24, 2.45) is 11.5 Å². The third-order valence-corrected chi connectivity index (χ3v) is 2.70. The van der Waals surface area contributed by atoms with E-state index in [0.717, 1.165) is 0 Å². The Morgan fingerprint density at radius 1 is 1.56 bits per heavy atom. The van der Waals surface area contributed by atoms with Gasteiger partial charge in [-0.1, -0.05) is 0 Å². The van der Waals surface area contributed by atoms with E-state index >= 15 is 0 Å². The van der Waals surface area contributed by atoms with Crippen molar-refractivity contribution in [1.82, 2.24) is 0 Å². The van der Waals surface area contributed by atoms with E-state index in [4.69, 9.17) is 20.9 Å². The first-order chi connectivity index (χ1) is 8.58. The number of primary amides is 1. The Kier molecular flexibility index (Phi) is 2.81. The number of ether oxygens (including phenoxy) is 2. The summed E-state index contributed by atoms with van der Waals surface area (Å²) in [6.07, 6.45) is 0. The van der Waals surface area contributed by atoms with Crippen molar-refractivity contribution >= 4 is 5.91 Å². The number of nitrogens with two attached hydrogens (primary N) is 2. The van der Waals surface area contributed by atoms with Crippen molar-refractivity contribution < 1.29 is 14.3 Å². The van der Waals surface area contributed by atoms with Gasteiger partial charge in [0.1, 0.15) is 17.4 Å². The molecule has 0 bridgehead atoms. The molecular weight excluding hydrogens is 234 g/mol. The number of hydrogen-bond acceptors (Lipinski definition) is 5. The third-order valence-electron chi connectivity index (χ3n) is 2.70. The molecule has 1 aliphatic rings. The molecule has 2 rings (SSSR count). The number of nitriles is 1. The number of carbonyl (C=O) groups is 1. The summed E-state index contributed by atoms with van der Waals surface area (Å²) in [4.78, 5) is 11.3. The lowest BCUT2D eigenvalue weighted by Crippen LogP contribution is -2.28. The van der Waals surface area contributed by atoms with E-state index < -0.39 is 11.8 Å². The third kappa shape index (κ3) is 1.72. The highest BCUT2D eigenvalue weighted by Crippen LogP contribution is 2.39. The fraction of sp³-hybridized carbons (Fsp3) is 0.167. The number of benzene rings is 1. The smallest absolute Gasteiger partial charge is 0.251 e. The highest BCUT2D eigenvalue weighted by atomic mass is 16.5. The van der Waals surface area contributed by atoms with E-state index in [0.29, 0.717) is 17.1 Å². The van der Waals surface area contributed by atoms with E-state index in [1.807, 2.05) is 6.07 Å². The standard InChI is InChI=1S/C12H11N3O3/c1-17-6-2-3-9-7(4-6)8(5-13)10(11(14)16)12(15)18-9/h2-4,8H,15H2,1H3,(H2,14,16). The van der Waals surface area contributed by atoms with Crippen LogP contribution in [0.15, 0.2) is 29.7 Å². The van der Waals surface area contributed by atoms with E-state index in [9.17, 15) is 10.1 Å². The lowest BCUT2D eigenvalue weighted by atomic mass is 9.89. The molecule has 0 aliphatic carbocycles. The minimum Gasteiger partial charge on any atom is -0.497 e. The van der Waals surface area contributed by atoms with Crippen molar-refractivity contribution in [3.8, 4) is 17.6 Å². The second-order valence-corrected chi connectivity index (χ2v) is 3.71. The van der Waals surface area contributed by atoms with Gasteiger partial charge >= 0.3 is 0 Å². The summed E-state index contributed by atoms with van der Waals surface area (Å²) in [6.45, 7) is 0. The molecule has 6 heteroatoms. The van der Waals surface area contributed by atoms with Gasteiger partial charge in [-0.3, -0.25) is 4.79 Å². The van der Waals surface area contributed by atoms with Gasteiger partial charge in [0.25, 0.3) is 5.91 Å². The topological polar surface area (TPSA) is 111 Å². The number of carbonyl (C=O) groups excluding carboxylic acids is 1. The van der Waals surface area contributed by atoms with Gasteiger partial charge in [-0.15, -0.1) is 0 Å². The summed E-state index contributed by atoms with van der Waals surface area (Å²) in [6, 6.07) is 6.93. The molecule has 0 saturated carbocycles. The normalized spacial score (nSPS) is 17.4. The molecule has 0 aromatic heterocycles. The monoisotopic (exact) mass is 245 g/mol. The van der Waals surface area contributed by atoms with Crippen LogP contribution in [0.25, 0.3) is 0 Å². The summed E-state index contributed by atoms with van der Waals surface area (Å²) in [7, 11) is 1.51. The first-order valence-corrected chi connectivity index (χ1v) is 5.13. The molecule has 0 saturated heterocycles. The molecule has 0 spiro atoms. The quantitative estimate of drug-likeness (QED) is 0.780. The molecule has 18 heavy (non-hydrogen) atoms. The highest BCUT2D eigenvalue weighted by molar-refractivity contribution is 5.95. The lowest BCUT2D eigenvalue weighted by Gasteiger charge is -2.23. The van der Waals surface area contributed by atoms with Crippen LogP contribution in [0, 0.1) is 11.3 Å². The summed E-state index contributed by atoms with van der Waals surface area (Å²) in [5, 5.41) is 9.19. The van der Waals surface area contributed by atoms with Crippen molar-refractivity contribution in [1.29, 1.82) is 5.26 Å². The van der Waals surface area contributed by atoms with Gasteiger partial charge in [-0.05, 0) is 18.2 Å². The Morgan fingerprint density at radius 3 is 2.83 bits per heavy atom. The molecule has 0 fully saturated rings. The first kappa shape index (κ1) is 11.8. The van der Waals surface area contributed by atoms with Gasteiger partial charge in [0, 0.05) is 5.56 Å². The first-order valence-electron chi connectivity index (χ1n) is 5.13. The maximum atomic E-state index is 11.3. The number of nitrogens with zero attached hydrogens (tertiary/aromatic N) is 1.